The lowest BCUT2D eigenvalue weighted by molar-refractivity contribution is -0.138. The molecule has 0 rings (SSSR count). The van der Waals surface area contributed by atoms with E-state index in [-0.39, 0.29) is 13.0 Å². The van der Waals surface area contributed by atoms with E-state index in [0.717, 1.165) is 12.8 Å². The van der Waals surface area contributed by atoms with E-state index in [2.05, 4.69) is 0 Å². The van der Waals surface area contributed by atoms with Crippen LogP contribution in [0, 0.1) is 0 Å². The SMILES string of the molecule is CN(CCCCCC(=O)O)CCC(F)(F)F. The van der Waals surface area contributed by atoms with Crippen LogP contribution < -0.4 is 0 Å². The van der Waals surface area contributed by atoms with Gasteiger partial charge in [0.15, 0.2) is 0 Å². The van der Waals surface area contributed by atoms with Crippen LogP contribution in [-0.2, 0) is 4.79 Å². The number of aliphatic carboxylic acids is 1. The van der Waals surface area contributed by atoms with Crippen LogP contribution in [0.3, 0.4) is 0 Å². The van der Waals surface area contributed by atoms with E-state index in [4.69, 9.17) is 5.11 Å². The van der Waals surface area contributed by atoms with Gasteiger partial charge in [-0.15, -0.1) is 0 Å². The Morgan fingerprint density at radius 3 is 2.31 bits per heavy atom. The molecule has 0 spiro atoms. The summed E-state index contributed by atoms with van der Waals surface area (Å²) in [5, 5.41) is 8.36. The van der Waals surface area contributed by atoms with Crippen LogP contribution >= 0.6 is 0 Å². The fourth-order valence-electron chi connectivity index (χ4n) is 1.26. The third-order valence-corrected chi connectivity index (χ3v) is 2.21. The lowest BCUT2D eigenvalue weighted by Gasteiger charge is -2.17. The van der Waals surface area contributed by atoms with E-state index in [1.807, 2.05) is 0 Å². The second-order valence-electron chi connectivity index (χ2n) is 3.87. The van der Waals surface area contributed by atoms with Gasteiger partial charge >= 0.3 is 12.1 Å². The first kappa shape index (κ1) is 15.2. The number of carboxylic acid groups (broad SMARTS) is 1. The maximum atomic E-state index is 11.9. The first-order valence-corrected chi connectivity index (χ1v) is 5.28. The predicted molar refractivity (Wildman–Crippen MR) is 54.3 cm³/mol. The molecule has 0 atom stereocenters. The van der Waals surface area contributed by atoms with Crippen LogP contribution in [0.15, 0.2) is 0 Å². The summed E-state index contributed by atoms with van der Waals surface area (Å²) in [6.45, 7) is 0.581. The van der Waals surface area contributed by atoms with Gasteiger partial charge in [-0.25, -0.2) is 0 Å². The van der Waals surface area contributed by atoms with Crippen molar-refractivity contribution in [3.63, 3.8) is 0 Å². The molecule has 3 nitrogen and oxygen atoms in total. The third-order valence-electron chi connectivity index (χ3n) is 2.21. The monoisotopic (exact) mass is 241 g/mol. The lowest BCUT2D eigenvalue weighted by atomic mass is 10.2. The number of alkyl halides is 3. The summed E-state index contributed by atoms with van der Waals surface area (Å²) in [6, 6.07) is 0. The summed E-state index contributed by atoms with van der Waals surface area (Å²) in [6.07, 6.45) is -2.70. The minimum absolute atomic E-state index is 0.00241. The second-order valence-corrected chi connectivity index (χ2v) is 3.87. The Morgan fingerprint density at radius 1 is 1.19 bits per heavy atom. The van der Waals surface area contributed by atoms with Gasteiger partial charge in [0, 0.05) is 13.0 Å². The molecule has 1 N–H and O–H groups in total. The number of hydrogen-bond donors (Lipinski definition) is 1. The number of hydrogen-bond acceptors (Lipinski definition) is 2. The zero-order chi connectivity index (χ0) is 12.6. The van der Waals surface area contributed by atoms with Gasteiger partial charge in [0.05, 0.1) is 6.42 Å². The number of halogens is 3. The third kappa shape index (κ3) is 11.3. The van der Waals surface area contributed by atoms with Crippen molar-refractivity contribution in [3.8, 4) is 0 Å². The first-order valence-electron chi connectivity index (χ1n) is 5.28. The van der Waals surface area contributed by atoms with Gasteiger partial charge in [-0.1, -0.05) is 6.42 Å². The minimum Gasteiger partial charge on any atom is -0.481 e. The van der Waals surface area contributed by atoms with E-state index < -0.39 is 18.6 Å². The minimum atomic E-state index is -4.10. The first-order chi connectivity index (χ1) is 7.31. The molecule has 0 aromatic carbocycles. The molecule has 0 saturated carbocycles. The smallest absolute Gasteiger partial charge is 0.390 e. The standard InChI is InChI=1S/C10H18F3NO2/c1-14(8-6-10(11,12)13)7-4-2-3-5-9(15)16/h2-8H2,1H3,(H,15,16). The van der Waals surface area contributed by atoms with Crippen molar-refractivity contribution in [2.45, 2.75) is 38.3 Å². The van der Waals surface area contributed by atoms with Gasteiger partial charge in [-0.3, -0.25) is 4.79 Å². The van der Waals surface area contributed by atoms with Crippen molar-refractivity contribution in [3.05, 3.63) is 0 Å². The van der Waals surface area contributed by atoms with Gasteiger partial charge in [0.25, 0.3) is 0 Å². The molecular weight excluding hydrogens is 223 g/mol. The zero-order valence-electron chi connectivity index (χ0n) is 9.39. The molecule has 0 aromatic rings. The number of carboxylic acids is 1. The number of carbonyl (C=O) groups is 1. The fraction of sp³-hybridized carbons (Fsp3) is 0.900. The van der Waals surface area contributed by atoms with E-state index in [9.17, 15) is 18.0 Å². The molecule has 0 amide bonds. The Kier molecular flexibility index (Phi) is 7.12. The highest BCUT2D eigenvalue weighted by atomic mass is 19.4. The van der Waals surface area contributed by atoms with Gasteiger partial charge in [0.1, 0.15) is 0 Å². The number of rotatable bonds is 8. The van der Waals surface area contributed by atoms with Crippen LogP contribution in [0.5, 0.6) is 0 Å². The maximum Gasteiger partial charge on any atom is 0.390 e. The second kappa shape index (κ2) is 7.49. The van der Waals surface area contributed by atoms with Gasteiger partial charge < -0.3 is 10.0 Å². The Bertz CT molecular complexity index is 207. The highest BCUT2D eigenvalue weighted by Crippen LogP contribution is 2.19. The highest BCUT2D eigenvalue weighted by molar-refractivity contribution is 5.66. The van der Waals surface area contributed by atoms with Gasteiger partial charge in [-0.05, 0) is 26.4 Å². The van der Waals surface area contributed by atoms with Crippen molar-refractivity contribution >= 4 is 5.97 Å². The molecule has 0 heterocycles. The van der Waals surface area contributed by atoms with Gasteiger partial charge in [-0.2, -0.15) is 13.2 Å². The Morgan fingerprint density at radius 2 is 1.81 bits per heavy atom. The Labute approximate surface area is 93.2 Å². The zero-order valence-corrected chi connectivity index (χ0v) is 9.39. The normalized spacial score (nSPS) is 12.1. The summed E-state index contributed by atoms with van der Waals surface area (Å²) < 4.78 is 35.6. The lowest BCUT2D eigenvalue weighted by Crippen LogP contribution is -2.25. The summed E-state index contributed by atoms with van der Waals surface area (Å²) in [5.74, 6) is -0.828. The molecule has 0 saturated heterocycles. The molecule has 0 unspecified atom stereocenters. The summed E-state index contributed by atoms with van der Waals surface area (Å²) >= 11 is 0. The van der Waals surface area contributed by atoms with Crippen LogP contribution in [0.2, 0.25) is 0 Å². The molecule has 0 aliphatic carbocycles. The van der Waals surface area contributed by atoms with Crippen molar-refractivity contribution in [2.24, 2.45) is 0 Å². The topological polar surface area (TPSA) is 40.5 Å². The summed E-state index contributed by atoms with van der Waals surface area (Å²) in [7, 11) is 1.64. The van der Waals surface area contributed by atoms with Crippen LogP contribution in [0.4, 0.5) is 13.2 Å². The van der Waals surface area contributed by atoms with Crippen LogP contribution in [0.25, 0.3) is 0 Å². The molecule has 0 radical (unpaired) electrons. The molecule has 0 fully saturated rings. The van der Waals surface area contributed by atoms with E-state index >= 15 is 0 Å². The van der Waals surface area contributed by atoms with Crippen molar-refractivity contribution in [1.82, 2.24) is 4.90 Å². The van der Waals surface area contributed by atoms with Crippen molar-refractivity contribution < 1.29 is 23.1 Å². The fourth-order valence-corrected chi connectivity index (χ4v) is 1.26. The van der Waals surface area contributed by atoms with Crippen molar-refractivity contribution in [1.29, 1.82) is 0 Å². The quantitative estimate of drug-likeness (QED) is 0.664. The Hall–Kier alpha value is -0.780. The molecule has 0 aliphatic heterocycles. The molecule has 0 aromatic heterocycles. The van der Waals surface area contributed by atoms with E-state index in [1.165, 1.54) is 0 Å². The van der Waals surface area contributed by atoms with Crippen LogP contribution in [0.1, 0.15) is 32.1 Å². The van der Waals surface area contributed by atoms with Crippen LogP contribution in [-0.4, -0.2) is 42.3 Å². The van der Waals surface area contributed by atoms with Crippen molar-refractivity contribution in [2.75, 3.05) is 20.1 Å². The average Bonchev–Trinajstić information content (AvgIpc) is 2.12. The molecule has 0 bridgehead atoms. The average molecular weight is 241 g/mol. The number of nitrogens with zero attached hydrogens (tertiary/aromatic N) is 1. The molecular formula is C10H18F3NO2. The highest BCUT2D eigenvalue weighted by Gasteiger charge is 2.26. The molecule has 96 valence electrons. The number of unbranched alkanes of at least 4 members (excludes halogenated alkanes) is 2. The predicted octanol–water partition coefficient (Wildman–Crippen LogP) is 2.52. The van der Waals surface area contributed by atoms with E-state index in [1.54, 1.807) is 11.9 Å². The maximum absolute atomic E-state index is 11.9. The molecule has 6 heteroatoms. The largest absolute Gasteiger partial charge is 0.481 e. The summed E-state index contributed by atoms with van der Waals surface area (Å²) in [5.41, 5.74) is 0. The van der Waals surface area contributed by atoms with E-state index in [0.29, 0.717) is 13.0 Å². The Balaban J connectivity index is 3.37. The van der Waals surface area contributed by atoms with Gasteiger partial charge in [0.2, 0.25) is 0 Å². The molecule has 0 aliphatic rings. The summed E-state index contributed by atoms with van der Waals surface area (Å²) in [4.78, 5) is 11.8. The molecule has 16 heavy (non-hydrogen) atoms.